The number of rotatable bonds is 7. The van der Waals surface area contributed by atoms with Gasteiger partial charge in [-0.3, -0.25) is 4.79 Å². The highest BCUT2D eigenvalue weighted by Gasteiger charge is 2.39. The first kappa shape index (κ1) is 17.9. The maximum absolute atomic E-state index is 12.8. The SMILES string of the molecule is COCC1(C(=O)NCc2ccccc2CN(C)C)CCNCC1. The lowest BCUT2D eigenvalue weighted by Gasteiger charge is -2.35. The van der Waals surface area contributed by atoms with Crippen LogP contribution in [0.4, 0.5) is 0 Å². The van der Waals surface area contributed by atoms with Gasteiger partial charge in [-0.25, -0.2) is 0 Å². The van der Waals surface area contributed by atoms with Gasteiger partial charge in [-0.1, -0.05) is 24.3 Å². The fourth-order valence-corrected chi connectivity index (χ4v) is 3.21. The van der Waals surface area contributed by atoms with E-state index in [1.807, 2.05) is 12.1 Å². The highest BCUT2D eigenvalue weighted by atomic mass is 16.5. The summed E-state index contributed by atoms with van der Waals surface area (Å²) < 4.78 is 5.34. The molecule has 2 rings (SSSR count). The van der Waals surface area contributed by atoms with Crippen molar-refractivity contribution in [1.29, 1.82) is 0 Å². The van der Waals surface area contributed by atoms with E-state index in [-0.39, 0.29) is 5.91 Å². The molecule has 23 heavy (non-hydrogen) atoms. The predicted molar refractivity (Wildman–Crippen MR) is 92.1 cm³/mol. The summed E-state index contributed by atoms with van der Waals surface area (Å²) in [5.74, 6) is 0.112. The predicted octanol–water partition coefficient (Wildman–Crippen LogP) is 1.38. The first-order valence-electron chi connectivity index (χ1n) is 8.27. The first-order valence-corrected chi connectivity index (χ1v) is 8.27. The van der Waals surface area contributed by atoms with Gasteiger partial charge in [-0.15, -0.1) is 0 Å². The van der Waals surface area contributed by atoms with Crippen LogP contribution in [0.1, 0.15) is 24.0 Å². The van der Waals surface area contributed by atoms with Crippen molar-refractivity contribution < 1.29 is 9.53 Å². The number of carbonyl (C=O) groups is 1. The molecule has 0 aromatic heterocycles. The van der Waals surface area contributed by atoms with E-state index in [2.05, 4.69) is 41.8 Å². The Hall–Kier alpha value is -1.43. The summed E-state index contributed by atoms with van der Waals surface area (Å²) in [6, 6.07) is 8.28. The molecule has 1 aromatic rings. The quantitative estimate of drug-likeness (QED) is 0.797. The smallest absolute Gasteiger partial charge is 0.228 e. The maximum atomic E-state index is 12.8. The summed E-state index contributed by atoms with van der Waals surface area (Å²) in [7, 11) is 5.78. The summed E-state index contributed by atoms with van der Waals surface area (Å²) in [6.07, 6.45) is 1.65. The number of benzene rings is 1. The largest absolute Gasteiger partial charge is 0.384 e. The third-order valence-corrected chi connectivity index (χ3v) is 4.51. The molecule has 128 valence electrons. The molecule has 1 saturated heterocycles. The van der Waals surface area contributed by atoms with E-state index in [1.165, 1.54) is 11.1 Å². The van der Waals surface area contributed by atoms with Crippen molar-refractivity contribution in [3.05, 3.63) is 35.4 Å². The lowest BCUT2D eigenvalue weighted by atomic mass is 9.78. The molecule has 0 radical (unpaired) electrons. The Labute approximate surface area is 139 Å². The zero-order valence-corrected chi connectivity index (χ0v) is 14.5. The molecule has 0 bridgehead atoms. The van der Waals surface area contributed by atoms with Crippen LogP contribution in [-0.2, 0) is 22.6 Å². The van der Waals surface area contributed by atoms with Crippen molar-refractivity contribution >= 4 is 5.91 Å². The van der Waals surface area contributed by atoms with Gasteiger partial charge in [0.2, 0.25) is 5.91 Å². The Kier molecular flexibility index (Phi) is 6.57. The highest BCUT2D eigenvalue weighted by molar-refractivity contribution is 5.83. The van der Waals surface area contributed by atoms with Crippen molar-refractivity contribution in [3.8, 4) is 0 Å². The molecule has 0 spiro atoms. The molecule has 1 fully saturated rings. The molecule has 0 aliphatic carbocycles. The lowest BCUT2D eigenvalue weighted by Crippen LogP contribution is -2.50. The molecule has 2 N–H and O–H groups in total. The Morgan fingerprint density at radius 1 is 1.26 bits per heavy atom. The van der Waals surface area contributed by atoms with Gasteiger partial charge in [0.05, 0.1) is 12.0 Å². The molecule has 5 nitrogen and oxygen atoms in total. The zero-order chi connectivity index (χ0) is 16.7. The second kappa shape index (κ2) is 8.43. The van der Waals surface area contributed by atoms with Gasteiger partial charge in [0, 0.05) is 20.2 Å². The summed E-state index contributed by atoms with van der Waals surface area (Å²) in [5.41, 5.74) is 2.04. The second-order valence-corrected chi connectivity index (χ2v) is 6.65. The molecule has 0 unspecified atom stereocenters. The normalized spacial score (nSPS) is 17.2. The number of methoxy groups -OCH3 is 1. The van der Waals surface area contributed by atoms with Crippen LogP contribution < -0.4 is 10.6 Å². The average Bonchev–Trinajstić information content (AvgIpc) is 2.54. The zero-order valence-electron chi connectivity index (χ0n) is 14.5. The van der Waals surface area contributed by atoms with Crippen molar-refractivity contribution in [3.63, 3.8) is 0 Å². The van der Waals surface area contributed by atoms with Crippen LogP contribution in [-0.4, -0.2) is 51.7 Å². The number of piperidine rings is 1. The number of ether oxygens (including phenoxy) is 1. The molecular formula is C18H29N3O2. The summed E-state index contributed by atoms with van der Waals surface area (Å²) in [6.45, 7) is 3.67. The van der Waals surface area contributed by atoms with Crippen LogP contribution >= 0.6 is 0 Å². The van der Waals surface area contributed by atoms with Gasteiger partial charge in [-0.2, -0.15) is 0 Å². The molecule has 0 atom stereocenters. The van der Waals surface area contributed by atoms with E-state index in [4.69, 9.17) is 4.74 Å². The first-order chi connectivity index (χ1) is 11.1. The van der Waals surface area contributed by atoms with Gasteiger partial charge in [0.15, 0.2) is 0 Å². The molecule has 1 aliphatic rings. The minimum Gasteiger partial charge on any atom is -0.384 e. The lowest BCUT2D eigenvalue weighted by molar-refractivity contribution is -0.136. The summed E-state index contributed by atoms with van der Waals surface area (Å²) in [4.78, 5) is 14.9. The van der Waals surface area contributed by atoms with Crippen LogP contribution in [0.3, 0.4) is 0 Å². The number of nitrogens with zero attached hydrogens (tertiary/aromatic N) is 1. The third-order valence-electron chi connectivity index (χ3n) is 4.51. The van der Waals surface area contributed by atoms with E-state index < -0.39 is 5.41 Å². The Bertz CT molecular complexity index is 505. The second-order valence-electron chi connectivity index (χ2n) is 6.65. The van der Waals surface area contributed by atoms with Crippen LogP contribution in [0.15, 0.2) is 24.3 Å². The fourth-order valence-electron chi connectivity index (χ4n) is 3.21. The minimum atomic E-state index is -0.392. The van der Waals surface area contributed by atoms with E-state index in [0.29, 0.717) is 13.2 Å². The number of amides is 1. The number of nitrogens with one attached hydrogen (secondary N) is 2. The molecule has 5 heteroatoms. The van der Waals surface area contributed by atoms with Gasteiger partial charge in [0.1, 0.15) is 0 Å². The van der Waals surface area contributed by atoms with Crippen molar-refractivity contribution in [2.24, 2.45) is 5.41 Å². The average molecular weight is 319 g/mol. The number of hydrogen-bond acceptors (Lipinski definition) is 4. The van der Waals surface area contributed by atoms with E-state index in [0.717, 1.165) is 32.5 Å². The van der Waals surface area contributed by atoms with E-state index in [9.17, 15) is 4.79 Å². The van der Waals surface area contributed by atoms with E-state index in [1.54, 1.807) is 7.11 Å². The number of hydrogen-bond donors (Lipinski definition) is 2. The van der Waals surface area contributed by atoms with Crippen LogP contribution in [0.25, 0.3) is 0 Å². The Balaban J connectivity index is 2.03. The number of carbonyl (C=O) groups excluding carboxylic acids is 1. The minimum absolute atomic E-state index is 0.112. The van der Waals surface area contributed by atoms with Crippen LogP contribution in [0.5, 0.6) is 0 Å². The highest BCUT2D eigenvalue weighted by Crippen LogP contribution is 2.29. The molecule has 1 heterocycles. The van der Waals surface area contributed by atoms with Gasteiger partial charge in [-0.05, 0) is 51.2 Å². The Morgan fingerprint density at radius 3 is 2.52 bits per heavy atom. The van der Waals surface area contributed by atoms with Gasteiger partial charge < -0.3 is 20.3 Å². The maximum Gasteiger partial charge on any atom is 0.228 e. The van der Waals surface area contributed by atoms with Crippen molar-refractivity contribution in [1.82, 2.24) is 15.5 Å². The van der Waals surface area contributed by atoms with E-state index >= 15 is 0 Å². The van der Waals surface area contributed by atoms with Crippen molar-refractivity contribution in [2.45, 2.75) is 25.9 Å². The third kappa shape index (κ3) is 4.77. The molecular weight excluding hydrogens is 290 g/mol. The molecule has 0 saturated carbocycles. The molecule has 1 amide bonds. The topological polar surface area (TPSA) is 53.6 Å². The van der Waals surface area contributed by atoms with Crippen molar-refractivity contribution in [2.75, 3.05) is 40.9 Å². The van der Waals surface area contributed by atoms with Crippen LogP contribution in [0.2, 0.25) is 0 Å². The molecule has 1 aliphatic heterocycles. The standard InChI is InChI=1S/C18H29N3O2/c1-21(2)13-16-7-5-4-6-15(16)12-20-17(22)18(14-23-3)8-10-19-11-9-18/h4-7,19H,8-14H2,1-3H3,(H,20,22). The van der Waals surface area contributed by atoms with Gasteiger partial charge >= 0.3 is 0 Å². The van der Waals surface area contributed by atoms with Gasteiger partial charge in [0.25, 0.3) is 0 Å². The summed E-state index contributed by atoms with van der Waals surface area (Å²) in [5, 5.41) is 6.46. The monoisotopic (exact) mass is 319 g/mol. The fraction of sp³-hybridized carbons (Fsp3) is 0.611. The van der Waals surface area contributed by atoms with Crippen LogP contribution in [0, 0.1) is 5.41 Å². The molecule has 1 aromatic carbocycles. The summed E-state index contributed by atoms with van der Waals surface area (Å²) >= 11 is 0. The Morgan fingerprint density at radius 2 is 1.91 bits per heavy atom.